The number of benzene rings is 3. The van der Waals surface area contributed by atoms with E-state index in [4.69, 9.17) is 9.47 Å². The molecule has 7 nitrogen and oxygen atoms in total. The van der Waals surface area contributed by atoms with Gasteiger partial charge in [-0.1, -0.05) is 50.2 Å². The molecule has 2 aliphatic rings. The minimum atomic E-state index is -1.00. The van der Waals surface area contributed by atoms with Crippen molar-refractivity contribution in [1.29, 1.82) is 0 Å². The lowest BCUT2D eigenvalue weighted by atomic mass is 9.85. The molecule has 6 rings (SSSR count). The molecule has 0 fully saturated rings. The highest BCUT2D eigenvalue weighted by Crippen LogP contribution is 2.50. The third kappa shape index (κ3) is 5.32. The Morgan fingerprint density at radius 2 is 1.95 bits per heavy atom. The molecule has 3 heterocycles. The number of carbonyl (C=O) groups excluding carboxylic acids is 1. The summed E-state index contributed by atoms with van der Waals surface area (Å²) in [5.41, 5.74) is 2.43. The number of allylic oxidation sites excluding steroid dienone is 1. The summed E-state index contributed by atoms with van der Waals surface area (Å²) >= 11 is 3.45. The molecule has 0 spiro atoms. The lowest BCUT2D eigenvalue weighted by molar-refractivity contribution is 0.0756. The summed E-state index contributed by atoms with van der Waals surface area (Å²) in [6.45, 7) is 4.78. The van der Waals surface area contributed by atoms with Crippen LogP contribution in [0.3, 0.4) is 0 Å². The Morgan fingerprint density at radius 3 is 2.71 bits per heavy atom. The van der Waals surface area contributed by atoms with E-state index in [0.717, 1.165) is 5.56 Å². The van der Waals surface area contributed by atoms with Gasteiger partial charge in [0.05, 0.1) is 18.0 Å². The first-order valence-electron chi connectivity index (χ1n) is 13.6. The number of nitrogens with one attached hydrogen (secondary N) is 1. The van der Waals surface area contributed by atoms with Crippen molar-refractivity contribution >= 4 is 33.2 Å². The Labute approximate surface area is 251 Å². The van der Waals surface area contributed by atoms with Crippen LogP contribution >= 0.6 is 15.9 Å². The van der Waals surface area contributed by atoms with Gasteiger partial charge in [0.15, 0.2) is 0 Å². The van der Waals surface area contributed by atoms with Crippen LogP contribution in [0.4, 0.5) is 15.8 Å². The Morgan fingerprint density at radius 1 is 1.14 bits per heavy atom. The number of aromatic hydroxyl groups is 1. The molecular formula is C33H29BrFN3O4. The van der Waals surface area contributed by atoms with E-state index in [-0.39, 0.29) is 29.0 Å². The van der Waals surface area contributed by atoms with Gasteiger partial charge in [-0.05, 0) is 64.3 Å². The summed E-state index contributed by atoms with van der Waals surface area (Å²) in [5.74, 6) is -0.344. The fourth-order valence-corrected chi connectivity index (χ4v) is 5.74. The van der Waals surface area contributed by atoms with Crippen molar-refractivity contribution in [2.45, 2.75) is 32.9 Å². The predicted octanol–water partition coefficient (Wildman–Crippen LogP) is 7.74. The summed E-state index contributed by atoms with van der Waals surface area (Å²) < 4.78 is 28.9. The maximum Gasteiger partial charge on any atom is 0.279 e. The summed E-state index contributed by atoms with van der Waals surface area (Å²) in [6.07, 6.45) is 2.08. The highest BCUT2D eigenvalue weighted by atomic mass is 79.9. The first kappa shape index (κ1) is 27.8. The number of fused-ring (bicyclic) bond motifs is 1. The molecule has 3 aromatic carbocycles. The van der Waals surface area contributed by atoms with Gasteiger partial charge in [-0.3, -0.25) is 9.69 Å². The van der Waals surface area contributed by atoms with Crippen molar-refractivity contribution in [1.82, 2.24) is 4.98 Å². The molecule has 1 unspecified atom stereocenters. The number of amides is 1. The van der Waals surface area contributed by atoms with Crippen molar-refractivity contribution in [2.75, 3.05) is 16.8 Å². The fourth-order valence-electron chi connectivity index (χ4n) is 5.32. The molecular weight excluding hydrogens is 601 g/mol. The van der Waals surface area contributed by atoms with E-state index in [0.29, 0.717) is 46.1 Å². The third-order valence-corrected chi connectivity index (χ3v) is 7.97. The zero-order valence-electron chi connectivity index (χ0n) is 23.1. The second kappa shape index (κ2) is 11.1. The zero-order valence-corrected chi connectivity index (χ0v) is 24.7. The number of nitrogens with zero attached hydrogens (tertiary/aromatic N) is 2. The Bertz CT molecular complexity index is 1690. The van der Waals surface area contributed by atoms with Crippen LogP contribution in [0.2, 0.25) is 0 Å². The SMILES string of the molecule is CC1(C)COC2=C(C1)Nc1c(O)cccc1N(C(=O)c1ncccc1Br)C2c1ccc(OCc2ccccc2)cc1F. The second-order valence-corrected chi connectivity index (χ2v) is 12.0. The van der Waals surface area contributed by atoms with Gasteiger partial charge >= 0.3 is 0 Å². The van der Waals surface area contributed by atoms with Crippen molar-refractivity contribution < 1.29 is 23.8 Å². The standard InChI is InChI=1S/C33H29BrFN3O4/c1-33(2)17-25-31(42-19-33)30(22-14-13-21(16-24(22)35)41-18-20-8-4-3-5-9-20)38(26-11-6-12-27(39)29(26)37-25)32(40)28-23(34)10-7-15-36-28/h3-16,30,37,39H,17-19H2,1-2H3. The van der Waals surface area contributed by atoms with Crippen LogP contribution in [0.15, 0.2) is 101 Å². The first-order valence-corrected chi connectivity index (χ1v) is 14.4. The summed E-state index contributed by atoms with van der Waals surface area (Å²) in [4.78, 5) is 20.1. The third-order valence-electron chi connectivity index (χ3n) is 7.33. The van der Waals surface area contributed by atoms with Crippen LogP contribution < -0.4 is 15.0 Å². The van der Waals surface area contributed by atoms with E-state index in [9.17, 15) is 9.90 Å². The van der Waals surface area contributed by atoms with Gasteiger partial charge in [0.1, 0.15) is 47.1 Å². The summed E-state index contributed by atoms with van der Waals surface area (Å²) in [7, 11) is 0. The predicted molar refractivity (Wildman–Crippen MR) is 162 cm³/mol. The molecule has 214 valence electrons. The van der Waals surface area contributed by atoms with Crippen LogP contribution in [0.1, 0.15) is 47.9 Å². The van der Waals surface area contributed by atoms with Crippen LogP contribution in [-0.4, -0.2) is 22.6 Å². The number of para-hydroxylation sites is 1. The van der Waals surface area contributed by atoms with Crippen molar-refractivity contribution in [3.05, 3.63) is 124 Å². The lowest BCUT2D eigenvalue weighted by Gasteiger charge is -2.38. The molecule has 2 aliphatic heterocycles. The quantitative estimate of drug-likeness (QED) is 0.220. The van der Waals surface area contributed by atoms with E-state index in [1.807, 2.05) is 30.3 Å². The van der Waals surface area contributed by atoms with Crippen molar-refractivity contribution in [3.8, 4) is 11.5 Å². The van der Waals surface area contributed by atoms with Crippen molar-refractivity contribution in [2.24, 2.45) is 5.41 Å². The molecule has 2 N–H and O–H groups in total. The smallest absolute Gasteiger partial charge is 0.279 e. The molecule has 1 amide bonds. The maximum absolute atomic E-state index is 16.2. The number of rotatable bonds is 5. The minimum absolute atomic E-state index is 0.0496. The molecule has 1 atom stereocenters. The molecule has 1 aromatic heterocycles. The lowest BCUT2D eigenvalue weighted by Crippen LogP contribution is -2.39. The zero-order chi connectivity index (χ0) is 29.4. The number of phenols is 1. The van der Waals surface area contributed by atoms with Crippen molar-refractivity contribution in [3.63, 3.8) is 0 Å². The maximum atomic E-state index is 16.2. The topological polar surface area (TPSA) is 83.9 Å². The van der Waals surface area contributed by atoms with Gasteiger partial charge in [0.2, 0.25) is 0 Å². The molecule has 42 heavy (non-hydrogen) atoms. The second-order valence-electron chi connectivity index (χ2n) is 11.1. The van der Waals surface area contributed by atoms with Gasteiger partial charge in [-0.2, -0.15) is 0 Å². The Hall–Kier alpha value is -4.37. The molecule has 0 saturated carbocycles. The highest BCUT2D eigenvalue weighted by Gasteiger charge is 2.43. The number of pyridine rings is 1. The average Bonchev–Trinajstić information content (AvgIpc) is 3.11. The van der Waals surface area contributed by atoms with Gasteiger partial charge in [-0.15, -0.1) is 0 Å². The largest absolute Gasteiger partial charge is 0.506 e. The number of halogens is 2. The van der Waals surface area contributed by atoms with Gasteiger partial charge < -0.3 is 19.9 Å². The van der Waals surface area contributed by atoms with Gasteiger partial charge in [-0.25, -0.2) is 9.37 Å². The number of anilines is 2. The first-order chi connectivity index (χ1) is 20.2. The minimum Gasteiger partial charge on any atom is -0.506 e. The number of ether oxygens (including phenoxy) is 2. The van der Waals surface area contributed by atoms with Gasteiger partial charge in [0.25, 0.3) is 5.91 Å². The normalized spacial score (nSPS) is 17.3. The molecule has 0 aliphatic carbocycles. The Kier molecular flexibility index (Phi) is 7.36. The number of carbonyl (C=O) groups is 1. The Balaban J connectivity index is 1.51. The van der Waals surface area contributed by atoms with Crippen LogP contribution in [0.5, 0.6) is 11.5 Å². The molecule has 4 aromatic rings. The molecule has 0 bridgehead atoms. The monoisotopic (exact) mass is 629 g/mol. The molecule has 9 heteroatoms. The van der Waals surface area contributed by atoms with E-state index >= 15 is 4.39 Å². The highest BCUT2D eigenvalue weighted by molar-refractivity contribution is 9.10. The van der Waals surface area contributed by atoms with E-state index in [1.165, 1.54) is 17.2 Å². The summed E-state index contributed by atoms with van der Waals surface area (Å²) in [5, 5.41) is 14.3. The van der Waals surface area contributed by atoms with Gasteiger partial charge in [0, 0.05) is 27.7 Å². The average molecular weight is 631 g/mol. The van der Waals surface area contributed by atoms with Crippen LogP contribution in [0, 0.1) is 11.2 Å². The summed E-state index contributed by atoms with van der Waals surface area (Å²) in [6, 6.07) is 21.6. The fraction of sp³-hybridized carbons (Fsp3) is 0.212. The van der Waals surface area contributed by atoms with Crippen LogP contribution in [-0.2, 0) is 11.3 Å². The van der Waals surface area contributed by atoms with E-state index in [2.05, 4.69) is 40.1 Å². The number of hydrogen-bond acceptors (Lipinski definition) is 6. The van der Waals surface area contributed by atoms with E-state index < -0.39 is 17.8 Å². The van der Waals surface area contributed by atoms with E-state index in [1.54, 1.807) is 42.5 Å². The number of phenolic OH excluding ortho intramolecular Hbond substituents is 1. The van der Waals surface area contributed by atoms with Crippen LogP contribution in [0.25, 0.3) is 0 Å². The number of hydrogen-bond donors (Lipinski definition) is 2. The number of aromatic nitrogens is 1. The molecule has 0 radical (unpaired) electrons. The molecule has 0 saturated heterocycles.